The van der Waals surface area contributed by atoms with E-state index in [1.54, 1.807) is 15.9 Å². The van der Waals surface area contributed by atoms with Gasteiger partial charge in [-0.15, -0.1) is 0 Å². The molecule has 0 spiro atoms. The second kappa shape index (κ2) is 6.87. The maximum atomic E-state index is 13.9. The average molecular weight is 363 g/mol. The SMILES string of the molecule is C[C@@H]1CN[C@H](C(=O)N2Cc3cccc(F)c3C2)CN1C(=O)OC(C)(C)C. The Bertz CT molecular complexity index is 716. The lowest BCUT2D eigenvalue weighted by atomic mass is 10.1. The molecule has 1 aromatic rings. The molecule has 6 nitrogen and oxygen atoms in total. The summed E-state index contributed by atoms with van der Waals surface area (Å²) in [6.07, 6.45) is -0.417. The molecule has 7 heteroatoms. The highest BCUT2D eigenvalue weighted by Crippen LogP contribution is 2.26. The fraction of sp³-hybridized carbons (Fsp3) is 0.579. The van der Waals surface area contributed by atoms with Crippen molar-refractivity contribution >= 4 is 12.0 Å². The highest BCUT2D eigenvalue weighted by atomic mass is 19.1. The number of carbonyl (C=O) groups is 2. The Morgan fingerprint density at radius 3 is 2.65 bits per heavy atom. The summed E-state index contributed by atoms with van der Waals surface area (Å²) in [5.74, 6) is -0.403. The van der Waals surface area contributed by atoms with Crippen LogP contribution in [0.2, 0.25) is 0 Å². The molecule has 2 aliphatic heterocycles. The number of fused-ring (bicyclic) bond motifs is 1. The van der Waals surface area contributed by atoms with Crippen molar-refractivity contribution in [2.24, 2.45) is 0 Å². The summed E-state index contributed by atoms with van der Waals surface area (Å²) in [5, 5.41) is 3.20. The summed E-state index contributed by atoms with van der Waals surface area (Å²) in [5.41, 5.74) is 0.829. The molecule has 0 bridgehead atoms. The van der Waals surface area contributed by atoms with Gasteiger partial charge in [-0.3, -0.25) is 4.79 Å². The minimum absolute atomic E-state index is 0.0675. The number of rotatable bonds is 1. The molecular weight excluding hydrogens is 337 g/mol. The number of nitrogens with zero attached hydrogens (tertiary/aromatic N) is 2. The summed E-state index contributed by atoms with van der Waals surface area (Å²) in [7, 11) is 0. The van der Waals surface area contributed by atoms with Gasteiger partial charge in [0.1, 0.15) is 17.5 Å². The smallest absolute Gasteiger partial charge is 0.410 e. The molecule has 2 heterocycles. The first-order valence-electron chi connectivity index (χ1n) is 8.94. The summed E-state index contributed by atoms with van der Waals surface area (Å²) in [6.45, 7) is 8.77. The van der Waals surface area contributed by atoms with E-state index in [4.69, 9.17) is 4.74 Å². The van der Waals surface area contributed by atoms with Crippen molar-refractivity contribution in [1.29, 1.82) is 0 Å². The van der Waals surface area contributed by atoms with Crippen LogP contribution in [0.1, 0.15) is 38.8 Å². The predicted molar refractivity (Wildman–Crippen MR) is 94.8 cm³/mol. The van der Waals surface area contributed by atoms with Gasteiger partial charge in [0.25, 0.3) is 0 Å². The Kier molecular flexibility index (Phi) is 4.92. The summed E-state index contributed by atoms with van der Waals surface area (Å²) >= 11 is 0. The first kappa shape index (κ1) is 18.6. The molecule has 3 rings (SSSR count). The number of nitrogens with one attached hydrogen (secondary N) is 1. The van der Waals surface area contributed by atoms with Crippen molar-refractivity contribution in [3.8, 4) is 0 Å². The highest BCUT2D eigenvalue weighted by molar-refractivity contribution is 5.84. The molecule has 0 aromatic heterocycles. The minimum Gasteiger partial charge on any atom is -0.444 e. The predicted octanol–water partition coefficient (Wildman–Crippen LogP) is 2.27. The molecule has 0 radical (unpaired) electrons. The standard InChI is InChI=1S/C19H26FN3O3/c1-12-8-21-16(11-23(12)18(25)26-19(2,3)4)17(24)22-9-13-6-5-7-15(20)14(13)10-22/h5-7,12,16,21H,8-11H2,1-4H3/t12-,16+/m1/s1. The number of hydrogen-bond donors (Lipinski definition) is 1. The van der Waals surface area contributed by atoms with Crippen LogP contribution in [0.3, 0.4) is 0 Å². The topological polar surface area (TPSA) is 61.9 Å². The second-order valence-corrected chi connectivity index (χ2v) is 8.01. The van der Waals surface area contributed by atoms with Crippen molar-refractivity contribution in [2.75, 3.05) is 13.1 Å². The lowest BCUT2D eigenvalue weighted by molar-refractivity contribution is -0.135. The zero-order valence-electron chi connectivity index (χ0n) is 15.7. The monoisotopic (exact) mass is 363 g/mol. The number of amides is 2. The van der Waals surface area contributed by atoms with Gasteiger partial charge in [-0.05, 0) is 39.3 Å². The van der Waals surface area contributed by atoms with Gasteiger partial charge < -0.3 is 19.9 Å². The van der Waals surface area contributed by atoms with Crippen molar-refractivity contribution < 1.29 is 18.7 Å². The maximum Gasteiger partial charge on any atom is 0.410 e. The van der Waals surface area contributed by atoms with Gasteiger partial charge in [-0.25, -0.2) is 9.18 Å². The second-order valence-electron chi connectivity index (χ2n) is 8.01. The van der Waals surface area contributed by atoms with Crippen LogP contribution in [-0.4, -0.2) is 52.6 Å². The zero-order chi connectivity index (χ0) is 19.1. The van der Waals surface area contributed by atoms with E-state index < -0.39 is 17.7 Å². The van der Waals surface area contributed by atoms with E-state index in [0.717, 1.165) is 5.56 Å². The number of carbonyl (C=O) groups excluding carboxylic acids is 2. The van der Waals surface area contributed by atoms with Crippen LogP contribution in [0.4, 0.5) is 9.18 Å². The third-order valence-electron chi connectivity index (χ3n) is 4.73. The van der Waals surface area contributed by atoms with Gasteiger partial charge in [0, 0.05) is 37.8 Å². The van der Waals surface area contributed by atoms with E-state index in [-0.39, 0.29) is 30.9 Å². The lowest BCUT2D eigenvalue weighted by Crippen LogP contribution is -2.62. The van der Waals surface area contributed by atoms with E-state index >= 15 is 0 Å². The highest BCUT2D eigenvalue weighted by Gasteiger charge is 2.37. The Morgan fingerprint density at radius 1 is 1.27 bits per heavy atom. The van der Waals surface area contributed by atoms with Crippen molar-refractivity contribution in [1.82, 2.24) is 15.1 Å². The van der Waals surface area contributed by atoms with Gasteiger partial charge in [0.15, 0.2) is 0 Å². The molecule has 0 saturated carbocycles. The Labute approximate surface area is 153 Å². The van der Waals surface area contributed by atoms with Crippen molar-refractivity contribution in [3.05, 3.63) is 35.1 Å². The van der Waals surface area contributed by atoms with Crippen LogP contribution in [0.25, 0.3) is 0 Å². The third-order valence-corrected chi connectivity index (χ3v) is 4.73. The summed E-state index contributed by atoms with van der Waals surface area (Å²) in [6, 6.07) is 4.33. The number of ether oxygens (including phenoxy) is 1. The molecule has 142 valence electrons. The van der Waals surface area contributed by atoms with Gasteiger partial charge >= 0.3 is 6.09 Å². The maximum absolute atomic E-state index is 13.9. The third kappa shape index (κ3) is 3.82. The van der Waals surface area contributed by atoms with E-state index in [9.17, 15) is 14.0 Å². The molecule has 2 aliphatic rings. The van der Waals surface area contributed by atoms with Crippen LogP contribution in [-0.2, 0) is 22.6 Å². The molecule has 2 amide bonds. The van der Waals surface area contributed by atoms with Gasteiger partial charge in [0.05, 0.1) is 0 Å². The van der Waals surface area contributed by atoms with Crippen LogP contribution >= 0.6 is 0 Å². The van der Waals surface area contributed by atoms with E-state index in [2.05, 4.69) is 5.32 Å². The van der Waals surface area contributed by atoms with E-state index in [1.165, 1.54) is 6.07 Å². The Morgan fingerprint density at radius 2 is 2.00 bits per heavy atom. The largest absolute Gasteiger partial charge is 0.444 e. The average Bonchev–Trinajstić information content (AvgIpc) is 2.98. The van der Waals surface area contributed by atoms with Crippen LogP contribution in [0, 0.1) is 5.82 Å². The molecule has 2 atom stereocenters. The number of piperazine rings is 1. The molecule has 0 aliphatic carbocycles. The molecule has 1 saturated heterocycles. The van der Waals surface area contributed by atoms with Crippen LogP contribution in [0.5, 0.6) is 0 Å². The lowest BCUT2D eigenvalue weighted by Gasteiger charge is -2.39. The molecule has 26 heavy (non-hydrogen) atoms. The van der Waals surface area contributed by atoms with E-state index in [0.29, 0.717) is 18.7 Å². The summed E-state index contributed by atoms with van der Waals surface area (Å²) < 4.78 is 19.4. The minimum atomic E-state index is -0.588. The molecule has 1 fully saturated rings. The van der Waals surface area contributed by atoms with Gasteiger partial charge in [-0.2, -0.15) is 0 Å². The van der Waals surface area contributed by atoms with Crippen molar-refractivity contribution in [3.63, 3.8) is 0 Å². The quantitative estimate of drug-likeness (QED) is 0.831. The Balaban J connectivity index is 1.67. The molecule has 0 unspecified atom stereocenters. The fourth-order valence-electron chi connectivity index (χ4n) is 3.36. The molecule has 1 N–H and O–H groups in total. The zero-order valence-corrected chi connectivity index (χ0v) is 15.7. The van der Waals surface area contributed by atoms with Gasteiger partial charge in [-0.1, -0.05) is 12.1 Å². The van der Waals surface area contributed by atoms with Crippen LogP contribution < -0.4 is 5.32 Å². The summed E-state index contributed by atoms with van der Waals surface area (Å²) in [4.78, 5) is 28.6. The van der Waals surface area contributed by atoms with Crippen molar-refractivity contribution in [2.45, 2.75) is 58.5 Å². The Hall–Kier alpha value is -2.15. The number of benzene rings is 1. The van der Waals surface area contributed by atoms with Gasteiger partial charge in [0.2, 0.25) is 5.91 Å². The number of hydrogen-bond acceptors (Lipinski definition) is 4. The fourth-order valence-corrected chi connectivity index (χ4v) is 3.36. The molecular formula is C19H26FN3O3. The first-order chi connectivity index (χ1) is 12.2. The number of halogens is 1. The normalized spacial score (nSPS) is 23.0. The first-order valence-corrected chi connectivity index (χ1v) is 8.94. The molecule has 1 aromatic carbocycles. The van der Waals surface area contributed by atoms with E-state index in [1.807, 2.05) is 33.8 Å². The van der Waals surface area contributed by atoms with Crippen LogP contribution in [0.15, 0.2) is 18.2 Å².